The molecule has 0 aromatic heterocycles. The molecule has 76 heavy (non-hydrogen) atoms. The van der Waals surface area contributed by atoms with Crippen molar-refractivity contribution in [2.75, 3.05) is 13.6 Å². The standard InChI is InChI=1S/C53H86N10O13/c1-9-29(4)47(53(76)60-37(19-22-45(69)57-8)51(74)61-38(26-43(55)67)48(71)32(7)54)63-52(75)40(25-33-14-17-35(64)18-15-33)59-46(70)24-31(6)42(66)20-13-30(5)41(65)21-16-34-11-10-12-36(34)49(72)62-39(23-28(2)3)50(73)58-27-44(56)68/h14-15,17-18,28-31,34,36-40,45,47,53-54,57,60,64,69,76H,9-13,16,19-27H2,1-8H3,(H2,55,67)(H2,56,68)(H,58,73)(H,59,70)(H,61,74)(H,62,72)(H,63,75). The average Bonchev–Trinajstić information content (AvgIpc) is 3.84. The van der Waals surface area contributed by atoms with Crippen LogP contribution < -0.4 is 48.7 Å². The fourth-order valence-electron chi connectivity index (χ4n) is 9.13. The van der Waals surface area contributed by atoms with Crippen LogP contribution in [0.5, 0.6) is 5.75 Å². The number of carbonyl (C=O) groups excluding carboxylic acids is 10. The van der Waals surface area contributed by atoms with Crippen LogP contribution in [0, 0.1) is 40.9 Å². The van der Waals surface area contributed by atoms with Gasteiger partial charge in [0.25, 0.3) is 0 Å². The number of hydrogen-bond donors (Lipinski definition) is 13. The molecular formula is C53H86N10O13. The van der Waals surface area contributed by atoms with E-state index in [1.165, 1.54) is 26.1 Å². The van der Waals surface area contributed by atoms with Gasteiger partial charge in [0.05, 0.1) is 30.8 Å². The first-order valence-electron chi connectivity index (χ1n) is 26.4. The maximum Gasteiger partial charge on any atom is 0.243 e. The second kappa shape index (κ2) is 33.1. The molecule has 0 saturated heterocycles. The lowest BCUT2D eigenvalue weighted by Crippen LogP contribution is -2.61. The Bertz CT molecular complexity index is 2160. The number of primary amides is 2. The molecule has 1 aliphatic rings. The number of Topliss-reactive ketones (excluding diaryl/α,β-unsaturated/α-hetero) is 3. The number of aromatic hydroxyl groups is 1. The number of nitrogens with one attached hydrogen (secondary N) is 8. The number of rotatable bonds is 37. The molecule has 0 spiro atoms. The van der Waals surface area contributed by atoms with Gasteiger partial charge in [-0.3, -0.25) is 58.6 Å². The average molecular weight is 1070 g/mol. The number of benzene rings is 1. The summed E-state index contributed by atoms with van der Waals surface area (Å²) in [6.07, 6.45) is -0.0867. The fraction of sp³-hybridized carbons (Fsp3) is 0.679. The van der Waals surface area contributed by atoms with E-state index in [1.807, 2.05) is 13.8 Å². The number of ketones is 3. The third kappa shape index (κ3) is 23.4. The summed E-state index contributed by atoms with van der Waals surface area (Å²) in [5.41, 5.74) is 10.6. The molecular weight excluding hydrogens is 985 g/mol. The van der Waals surface area contributed by atoms with Gasteiger partial charge in [-0.2, -0.15) is 0 Å². The highest BCUT2D eigenvalue weighted by atomic mass is 16.3. The van der Waals surface area contributed by atoms with Crippen molar-refractivity contribution in [3.05, 3.63) is 29.8 Å². The van der Waals surface area contributed by atoms with E-state index >= 15 is 0 Å². The molecule has 12 atom stereocenters. The summed E-state index contributed by atoms with van der Waals surface area (Å²) in [5.74, 6) is -8.04. The number of phenolic OH excluding ortho intramolecular Hbond substituents is 1. The van der Waals surface area contributed by atoms with Crippen LogP contribution in [0.1, 0.15) is 138 Å². The molecule has 1 aromatic rings. The van der Waals surface area contributed by atoms with Crippen LogP contribution in [0.2, 0.25) is 0 Å². The topological polar surface area (TPSA) is 391 Å². The van der Waals surface area contributed by atoms with Crippen molar-refractivity contribution >= 4 is 64.4 Å². The molecule has 1 aliphatic carbocycles. The van der Waals surface area contributed by atoms with Crippen LogP contribution in [0.15, 0.2) is 24.3 Å². The van der Waals surface area contributed by atoms with E-state index in [2.05, 4.69) is 37.2 Å². The Kier molecular flexibility index (Phi) is 28.7. The number of aliphatic hydroxyl groups is 2. The monoisotopic (exact) mass is 1070 g/mol. The van der Waals surface area contributed by atoms with Gasteiger partial charge in [-0.1, -0.05) is 66.5 Å². The first-order chi connectivity index (χ1) is 35.7. The molecule has 7 amide bonds. The number of amides is 7. The summed E-state index contributed by atoms with van der Waals surface area (Å²) in [5, 5.41) is 58.3. The summed E-state index contributed by atoms with van der Waals surface area (Å²) < 4.78 is 0. The van der Waals surface area contributed by atoms with Gasteiger partial charge in [-0.15, -0.1) is 0 Å². The Balaban J connectivity index is 2.16. The third-order valence-electron chi connectivity index (χ3n) is 14.0. The molecule has 0 heterocycles. The molecule has 0 bridgehead atoms. The summed E-state index contributed by atoms with van der Waals surface area (Å²) >= 11 is 0. The van der Waals surface area contributed by atoms with Crippen molar-refractivity contribution in [1.82, 2.24) is 37.2 Å². The largest absolute Gasteiger partial charge is 0.508 e. The highest BCUT2D eigenvalue weighted by Gasteiger charge is 2.37. The summed E-state index contributed by atoms with van der Waals surface area (Å²) in [6, 6.07) is -0.0944. The first kappa shape index (κ1) is 65.9. The molecule has 0 radical (unpaired) electrons. The predicted octanol–water partition coefficient (Wildman–Crippen LogP) is 0.424. The number of phenols is 1. The fourth-order valence-corrected chi connectivity index (χ4v) is 9.13. The first-order valence-corrected chi connectivity index (χ1v) is 26.4. The van der Waals surface area contributed by atoms with Gasteiger partial charge in [0.15, 0.2) is 5.78 Å². The van der Waals surface area contributed by atoms with Crippen LogP contribution in [0.25, 0.3) is 0 Å². The van der Waals surface area contributed by atoms with Crippen LogP contribution in [0.4, 0.5) is 0 Å². The molecule has 1 aromatic carbocycles. The zero-order chi connectivity index (χ0) is 57.4. The maximum atomic E-state index is 14.3. The van der Waals surface area contributed by atoms with E-state index in [-0.39, 0.29) is 86.5 Å². The molecule has 2 rings (SSSR count). The molecule has 12 unspecified atom stereocenters. The van der Waals surface area contributed by atoms with E-state index in [0.29, 0.717) is 31.2 Å². The Morgan fingerprint density at radius 1 is 0.724 bits per heavy atom. The van der Waals surface area contributed by atoms with Gasteiger partial charge in [0.1, 0.15) is 47.9 Å². The number of aliphatic hydroxyl groups excluding tert-OH is 2. The minimum Gasteiger partial charge on any atom is -0.508 e. The summed E-state index contributed by atoms with van der Waals surface area (Å²) in [7, 11) is 1.48. The normalized spacial score (nSPS) is 18.2. The van der Waals surface area contributed by atoms with Gasteiger partial charge in [-0.25, -0.2) is 0 Å². The van der Waals surface area contributed by atoms with Crippen LogP contribution in [0.3, 0.4) is 0 Å². The maximum absolute atomic E-state index is 14.3. The van der Waals surface area contributed by atoms with Crippen LogP contribution in [-0.4, -0.2) is 136 Å². The van der Waals surface area contributed by atoms with Gasteiger partial charge in [0, 0.05) is 43.4 Å². The molecule has 1 fully saturated rings. The summed E-state index contributed by atoms with van der Waals surface area (Å²) in [4.78, 5) is 130. The van der Waals surface area contributed by atoms with Gasteiger partial charge < -0.3 is 58.8 Å². The molecule has 1 saturated carbocycles. The second-order valence-electron chi connectivity index (χ2n) is 20.9. The zero-order valence-corrected chi connectivity index (χ0v) is 45.5. The minimum absolute atomic E-state index is 0.00111. The van der Waals surface area contributed by atoms with Gasteiger partial charge in [0.2, 0.25) is 41.4 Å². The Hall–Kier alpha value is -6.17. The van der Waals surface area contributed by atoms with Gasteiger partial charge in [-0.05, 0) is 94.4 Å². The third-order valence-corrected chi connectivity index (χ3v) is 14.0. The zero-order valence-electron chi connectivity index (χ0n) is 45.5. The van der Waals surface area contributed by atoms with E-state index in [1.54, 1.807) is 39.8 Å². The van der Waals surface area contributed by atoms with Crippen molar-refractivity contribution < 1.29 is 63.3 Å². The SMILES string of the molecule is CCC(C)C(NC(=O)C(Cc1ccc(O)cc1)NC(=O)CC(C)C(=O)CCC(C)C(=O)CCC1CCCC1C(=O)NC(CC(C)C)C(=O)NCC(N)=O)C(O)NC(CCC(O)NC)C(=O)NC(CC(N)=O)C(=O)C(C)=N. The highest BCUT2D eigenvalue weighted by Crippen LogP contribution is 2.36. The van der Waals surface area contributed by atoms with Crippen molar-refractivity contribution in [3.8, 4) is 5.75 Å². The Labute approximate surface area is 446 Å². The van der Waals surface area contributed by atoms with E-state index < -0.39 is 120 Å². The smallest absolute Gasteiger partial charge is 0.243 e. The van der Waals surface area contributed by atoms with Crippen molar-refractivity contribution in [3.63, 3.8) is 0 Å². The number of carbonyl (C=O) groups is 10. The van der Waals surface area contributed by atoms with Crippen LogP contribution in [-0.2, 0) is 54.4 Å². The Morgan fingerprint density at radius 3 is 1.93 bits per heavy atom. The second-order valence-corrected chi connectivity index (χ2v) is 20.9. The van der Waals surface area contributed by atoms with Gasteiger partial charge >= 0.3 is 0 Å². The van der Waals surface area contributed by atoms with Crippen molar-refractivity contribution in [2.45, 2.75) is 181 Å². The summed E-state index contributed by atoms with van der Waals surface area (Å²) in [6.45, 7) is 11.5. The predicted molar refractivity (Wildman–Crippen MR) is 282 cm³/mol. The van der Waals surface area contributed by atoms with Crippen molar-refractivity contribution in [1.29, 1.82) is 5.41 Å². The molecule has 0 aliphatic heterocycles. The Morgan fingerprint density at radius 2 is 1.36 bits per heavy atom. The van der Waals surface area contributed by atoms with Crippen LogP contribution >= 0.6 is 0 Å². The number of hydrogen-bond acceptors (Lipinski definition) is 16. The minimum atomic E-state index is -1.65. The number of nitrogens with two attached hydrogens (primary N) is 2. The quantitative estimate of drug-likeness (QED) is 0.0317. The van der Waals surface area contributed by atoms with E-state index in [0.717, 1.165) is 12.8 Å². The van der Waals surface area contributed by atoms with Crippen molar-refractivity contribution in [2.24, 2.45) is 47.0 Å². The lowest BCUT2D eigenvalue weighted by Gasteiger charge is -2.34. The molecule has 23 heteroatoms. The molecule has 426 valence electrons. The van der Waals surface area contributed by atoms with E-state index in [9.17, 15) is 63.3 Å². The highest BCUT2D eigenvalue weighted by molar-refractivity contribution is 6.40. The lowest BCUT2D eigenvalue weighted by atomic mass is 9.86. The molecule has 23 nitrogen and oxygen atoms in total. The lowest BCUT2D eigenvalue weighted by molar-refractivity contribution is -0.133. The van der Waals surface area contributed by atoms with E-state index in [4.69, 9.17) is 16.9 Å². The molecule has 15 N–H and O–H groups in total.